The molecule has 0 aliphatic carbocycles. The zero-order chi connectivity index (χ0) is 15.5. The van der Waals surface area contributed by atoms with E-state index in [2.05, 4.69) is 0 Å². The van der Waals surface area contributed by atoms with Crippen LogP contribution in [-0.4, -0.2) is 41.8 Å². The van der Waals surface area contributed by atoms with E-state index in [1.54, 1.807) is 0 Å². The van der Waals surface area contributed by atoms with Gasteiger partial charge in [-0.2, -0.15) is 13.2 Å². The molecule has 1 aromatic carbocycles. The minimum Gasteiger partial charge on any atom is -0.478 e. The van der Waals surface area contributed by atoms with Gasteiger partial charge >= 0.3 is 18.2 Å². The van der Waals surface area contributed by atoms with E-state index < -0.39 is 41.8 Å². The van der Waals surface area contributed by atoms with Gasteiger partial charge in [0.2, 0.25) is 0 Å². The van der Waals surface area contributed by atoms with Gasteiger partial charge in [0.1, 0.15) is 17.9 Å². The Morgan fingerprint density at radius 2 is 1.95 bits per heavy atom. The highest BCUT2D eigenvalue weighted by atomic mass is 19.4. The highest BCUT2D eigenvalue weighted by Gasteiger charge is 2.31. The van der Waals surface area contributed by atoms with Crippen molar-refractivity contribution in [1.82, 2.24) is 4.90 Å². The summed E-state index contributed by atoms with van der Waals surface area (Å²) in [7, 11) is 0.878. The predicted octanol–water partition coefficient (Wildman–Crippen LogP) is 2.55. The molecule has 5 nitrogen and oxygen atoms in total. The molecule has 0 heterocycles. The number of carbonyl (C=O) groups excluding carboxylic acids is 1. The molecular formula is C11H10F4N2O3. The monoisotopic (exact) mass is 294 g/mol. The van der Waals surface area contributed by atoms with Crippen LogP contribution in [-0.2, 0) is 0 Å². The fourth-order valence-electron chi connectivity index (χ4n) is 1.40. The number of halogens is 4. The summed E-state index contributed by atoms with van der Waals surface area (Å²) in [6.07, 6.45) is -4.59. The van der Waals surface area contributed by atoms with Crippen molar-refractivity contribution in [1.29, 1.82) is 0 Å². The van der Waals surface area contributed by atoms with Crippen LogP contribution in [0.15, 0.2) is 18.2 Å². The van der Waals surface area contributed by atoms with Crippen LogP contribution in [0.1, 0.15) is 10.4 Å². The SMILES string of the molecule is CN(CC(F)(F)F)C(=O)Nc1cccc(F)c1C(=O)O. The number of nitrogens with zero attached hydrogens (tertiary/aromatic N) is 1. The van der Waals surface area contributed by atoms with E-state index in [1.807, 2.05) is 5.32 Å². The summed E-state index contributed by atoms with van der Waals surface area (Å²) in [6, 6.07) is 1.86. The third-order valence-corrected chi connectivity index (χ3v) is 2.23. The Labute approximate surface area is 110 Å². The zero-order valence-corrected chi connectivity index (χ0v) is 10.2. The van der Waals surface area contributed by atoms with Crippen LogP contribution in [0.2, 0.25) is 0 Å². The fourth-order valence-corrected chi connectivity index (χ4v) is 1.40. The van der Waals surface area contributed by atoms with Crippen molar-refractivity contribution < 1.29 is 32.3 Å². The van der Waals surface area contributed by atoms with Crippen LogP contribution in [0.25, 0.3) is 0 Å². The number of carboxylic acid groups (broad SMARTS) is 1. The molecule has 20 heavy (non-hydrogen) atoms. The van der Waals surface area contributed by atoms with Crippen molar-refractivity contribution in [2.24, 2.45) is 0 Å². The van der Waals surface area contributed by atoms with Gasteiger partial charge in [-0.25, -0.2) is 14.0 Å². The Balaban J connectivity index is 2.91. The minimum absolute atomic E-state index is 0.302. The molecule has 0 spiro atoms. The molecule has 2 amide bonds. The van der Waals surface area contributed by atoms with Crippen molar-refractivity contribution in [2.75, 3.05) is 18.9 Å². The lowest BCUT2D eigenvalue weighted by molar-refractivity contribution is -0.137. The number of anilines is 1. The first-order valence-electron chi connectivity index (χ1n) is 5.22. The van der Waals surface area contributed by atoms with E-state index in [0.717, 1.165) is 25.2 Å². The lowest BCUT2D eigenvalue weighted by Gasteiger charge is -2.20. The second-order valence-corrected chi connectivity index (χ2v) is 3.87. The Morgan fingerprint density at radius 1 is 1.35 bits per heavy atom. The van der Waals surface area contributed by atoms with Crippen LogP contribution >= 0.6 is 0 Å². The summed E-state index contributed by atoms with van der Waals surface area (Å²) in [6.45, 7) is -1.52. The first kappa shape index (κ1) is 15.7. The standard InChI is InChI=1S/C11H10F4N2O3/c1-17(5-11(13,14)15)10(20)16-7-4-2-3-6(12)8(7)9(18)19/h2-4H,5H2,1H3,(H,16,20)(H,18,19). The highest BCUT2D eigenvalue weighted by molar-refractivity contribution is 6.00. The molecule has 2 N–H and O–H groups in total. The third-order valence-electron chi connectivity index (χ3n) is 2.23. The van der Waals surface area contributed by atoms with Crippen LogP contribution in [0.5, 0.6) is 0 Å². The first-order valence-corrected chi connectivity index (χ1v) is 5.22. The number of amides is 2. The molecule has 9 heteroatoms. The van der Waals surface area contributed by atoms with Gasteiger partial charge in [0.25, 0.3) is 0 Å². The number of aromatic carboxylic acids is 1. The van der Waals surface area contributed by atoms with Gasteiger partial charge in [-0.05, 0) is 12.1 Å². The Kier molecular flexibility index (Phi) is 4.53. The molecule has 110 valence electrons. The molecule has 0 fully saturated rings. The number of hydrogen-bond donors (Lipinski definition) is 2. The van der Waals surface area contributed by atoms with Crippen LogP contribution in [0.4, 0.5) is 28.0 Å². The molecule has 0 bridgehead atoms. The number of benzene rings is 1. The van der Waals surface area contributed by atoms with Gasteiger partial charge in [0.15, 0.2) is 0 Å². The van der Waals surface area contributed by atoms with E-state index in [1.165, 1.54) is 0 Å². The number of hydrogen-bond acceptors (Lipinski definition) is 2. The van der Waals surface area contributed by atoms with Crippen molar-refractivity contribution in [3.63, 3.8) is 0 Å². The van der Waals surface area contributed by atoms with Crippen LogP contribution in [0.3, 0.4) is 0 Å². The number of alkyl halides is 3. The maximum Gasteiger partial charge on any atom is 0.406 e. The molecule has 0 unspecified atom stereocenters. The second-order valence-electron chi connectivity index (χ2n) is 3.87. The Hall–Kier alpha value is -2.32. The Bertz CT molecular complexity index is 531. The highest BCUT2D eigenvalue weighted by Crippen LogP contribution is 2.20. The van der Waals surface area contributed by atoms with E-state index in [0.29, 0.717) is 4.90 Å². The molecule has 0 radical (unpaired) electrons. The zero-order valence-electron chi connectivity index (χ0n) is 10.2. The molecule has 0 saturated carbocycles. The number of rotatable bonds is 3. The van der Waals surface area contributed by atoms with Crippen molar-refractivity contribution in [3.05, 3.63) is 29.6 Å². The van der Waals surface area contributed by atoms with Gasteiger partial charge in [0.05, 0.1) is 5.69 Å². The summed E-state index contributed by atoms with van der Waals surface area (Å²) in [5.74, 6) is -2.74. The number of urea groups is 1. The van der Waals surface area contributed by atoms with Gasteiger partial charge in [-0.3, -0.25) is 0 Å². The number of carboxylic acids is 1. The minimum atomic E-state index is -4.59. The summed E-state index contributed by atoms with van der Waals surface area (Å²) in [5.41, 5.74) is -1.24. The summed E-state index contributed by atoms with van der Waals surface area (Å²) >= 11 is 0. The molecule has 0 aromatic heterocycles. The average Bonchev–Trinajstić information content (AvgIpc) is 2.25. The van der Waals surface area contributed by atoms with Gasteiger partial charge in [0, 0.05) is 7.05 Å². The van der Waals surface area contributed by atoms with Crippen molar-refractivity contribution in [3.8, 4) is 0 Å². The van der Waals surface area contributed by atoms with Crippen LogP contribution in [0, 0.1) is 5.82 Å². The van der Waals surface area contributed by atoms with E-state index in [9.17, 15) is 27.2 Å². The molecule has 0 atom stereocenters. The van der Waals surface area contributed by atoms with E-state index >= 15 is 0 Å². The summed E-state index contributed by atoms with van der Waals surface area (Å²) in [5, 5.41) is 10.7. The topological polar surface area (TPSA) is 69.6 Å². The predicted molar refractivity (Wildman–Crippen MR) is 61.1 cm³/mol. The normalized spacial score (nSPS) is 11.1. The lowest BCUT2D eigenvalue weighted by Crippen LogP contribution is -2.38. The molecule has 0 saturated heterocycles. The maximum atomic E-state index is 13.3. The molecular weight excluding hydrogens is 284 g/mol. The average molecular weight is 294 g/mol. The van der Waals surface area contributed by atoms with Gasteiger partial charge in [-0.15, -0.1) is 0 Å². The Morgan fingerprint density at radius 3 is 2.45 bits per heavy atom. The van der Waals surface area contributed by atoms with Crippen molar-refractivity contribution >= 4 is 17.7 Å². The fraction of sp³-hybridized carbons (Fsp3) is 0.273. The molecule has 0 aliphatic heterocycles. The molecule has 1 aromatic rings. The summed E-state index contributed by atoms with van der Waals surface area (Å²) in [4.78, 5) is 22.6. The molecule has 1 rings (SSSR count). The second kappa shape index (κ2) is 5.76. The van der Waals surface area contributed by atoms with Crippen LogP contribution < -0.4 is 5.32 Å². The van der Waals surface area contributed by atoms with Gasteiger partial charge < -0.3 is 15.3 Å². The molecule has 0 aliphatic rings. The van der Waals surface area contributed by atoms with Gasteiger partial charge in [-0.1, -0.05) is 6.07 Å². The number of nitrogens with one attached hydrogen (secondary N) is 1. The van der Waals surface area contributed by atoms with E-state index in [4.69, 9.17) is 5.11 Å². The maximum absolute atomic E-state index is 13.3. The third kappa shape index (κ3) is 4.11. The largest absolute Gasteiger partial charge is 0.478 e. The lowest BCUT2D eigenvalue weighted by atomic mass is 10.1. The number of carbonyl (C=O) groups is 2. The smallest absolute Gasteiger partial charge is 0.406 e. The first-order chi connectivity index (χ1) is 9.11. The summed E-state index contributed by atoms with van der Waals surface area (Å²) < 4.78 is 49.6. The van der Waals surface area contributed by atoms with E-state index in [-0.39, 0.29) is 0 Å². The quantitative estimate of drug-likeness (QED) is 0.842. The van der Waals surface area contributed by atoms with Crippen molar-refractivity contribution in [2.45, 2.75) is 6.18 Å².